The summed E-state index contributed by atoms with van der Waals surface area (Å²) in [7, 11) is 0. The molecule has 0 bridgehead atoms. The van der Waals surface area contributed by atoms with Crippen molar-refractivity contribution in [2.45, 2.75) is 31.5 Å². The van der Waals surface area contributed by atoms with Gasteiger partial charge in [0.25, 0.3) is 0 Å². The van der Waals surface area contributed by atoms with E-state index in [-0.39, 0.29) is 6.61 Å². The van der Waals surface area contributed by atoms with Gasteiger partial charge in [0, 0.05) is 19.7 Å². The summed E-state index contributed by atoms with van der Waals surface area (Å²) in [5.41, 5.74) is 0. The Bertz CT molecular complexity index is 133. The zero-order valence-electron chi connectivity index (χ0n) is 7.89. The topological polar surface area (TPSA) is 63.9 Å². The van der Waals surface area contributed by atoms with E-state index in [1.54, 1.807) is 0 Å². The number of likely N-dealkylation sites (tertiary alicyclic amines) is 1. The van der Waals surface area contributed by atoms with Crippen LogP contribution in [0.5, 0.6) is 0 Å². The SMILES string of the molecule is OCCCCCN1CC(O)C(O)C1. The quantitative estimate of drug-likeness (QED) is 0.495. The molecule has 0 radical (unpaired) electrons. The molecule has 1 heterocycles. The predicted molar refractivity (Wildman–Crippen MR) is 49.4 cm³/mol. The van der Waals surface area contributed by atoms with Gasteiger partial charge in [-0.1, -0.05) is 0 Å². The number of aliphatic hydroxyl groups is 3. The summed E-state index contributed by atoms with van der Waals surface area (Å²) in [5.74, 6) is 0. The average molecular weight is 189 g/mol. The van der Waals surface area contributed by atoms with Crippen molar-refractivity contribution in [3.63, 3.8) is 0 Å². The lowest BCUT2D eigenvalue weighted by Gasteiger charge is -2.13. The van der Waals surface area contributed by atoms with E-state index in [9.17, 15) is 10.2 Å². The van der Waals surface area contributed by atoms with Crippen LogP contribution >= 0.6 is 0 Å². The van der Waals surface area contributed by atoms with Crippen molar-refractivity contribution < 1.29 is 15.3 Å². The zero-order chi connectivity index (χ0) is 9.68. The predicted octanol–water partition coefficient (Wildman–Crippen LogP) is -0.814. The van der Waals surface area contributed by atoms with Crippen molar-refractivity contribution in [1.29, 1.82) is 0 Å². The molecule has 78 valence electrons. The third-order valence-corrected chi connectivity index (χ3v) is 2.47. The van der Waals surface area contributed by atoms with Gasteiger partial charge in [-0.2, -0.15) is 0 Å². The van der Waals surface area contributed by atoms with E-state index >= 15 is 0 Å². The van der Waals surface area contributed by atoms with Gasteiger partial charge < -0.3 is 15.3 Å². The molecular formula is C9H19NO3. The molecule has 13 heavy (non-hydrogen) atoms. The summed E-state index contributed by atoms with van der Waals surface area (Å²) < 4.78 is 0. The Labute approximate surface area is 78.8 Å². The van der Waals surface area contributed by atoms with Crippen molar-refractivity contribution in [2.75, 3.05) is 26.2 Å². The highest BCUT2D eigenvalue weighted by atomic mass is 16.3. The maximum Gasteiger partial charge on any atom is 0.0938 e. The molecule has 0 spiro atoms. The molecule has 4 nitrogen and oxygen atoms in total. The molecule has 0 aromatic heterocycles. The Morgan fingerprint density at radius 2 is 1.62 bits per heavy atom. The van der Waals surface area contributed by atoms with Crippen LogP contribution in [0.2, 0.25) is 0 Å². The largest absolute Gasteiger partial charge is 0.396 e. The second-order valence-electron chi connectivity index (χ2n) is 3.68. The van der Waals surface area contributed by atoms with E-state index in [0.29, 0.717) is 13.1 Å². The van der Waals surface area contributed by atoms with Gasteiger partial charge >= 0.3 is 0 Å². The molecule has 1 fully saturated rings. The van der Waals surface area contributed by atoms with Crippen molar-refractivity contribution >= 4 is 0 Å². The highest BCUT2D eigenvalue weighted by molar-refractivity contribution is 4.82. The Balaban J connectivity index is 2.03. The smallest absolute Gasteiger partial charge is 0.0938 e. The Morgan fingerprint density at radius 3 is 2.15 bits per heavy atom. The van der Waals surface area contributed by atoms with E-state index in [2.05, 4.69) is 4.90 Å². The van der Waals surface area contributed by atoms with Crippen molar-refractivity contribution in [3.8, 4) is 0 Å². The first-order chi connectivity index (χ1) is 6.24. The molecule has 1 saturated heterocycles. The second kappa shape index (κ2) is 5.54. The minimum absolute atomic E-state index is 0.255. The number of β-amino-alcohol motifs (C(OH)–C–C–N with tert-alkyl or cyclic N) is 2. The highest BCUT2D eigenvalue weighted by Gasteiger charge is 2.28. The number of aliphatic hydroxyl groups excluding tert-OH is 3. The molecule has 0 aromatic carbocycles. The molecule has 0 saturated carbocycles. The monoisotopic (exact) mass is 189 g/mol. The molecule has 1 aliphatic heterocycles. The van der Waals surface area contributed by atoms with Crippen LogP contribution in [0, 0.1) is 0 Å². The van der Waals surface area contributed by atoms with Crippen LogP contribution in [0.25, 0.3) is 0 Å². The van der Waals surface area contributed by atoms with Gasteiger partial charge in [0.1, 0.15) is 0 Å². The van der Waals surface area contributed by atoms with Crippen molar-refractivity contribution in [1.82, 2.24) is 4.90 Å². The number of nitrogens with zero attached hydrogens (tertiary/aromatic N) is 1. The number of hydrogen-bond acceptors (Lipinski definition) is 4. The van der Waals surface area contributed by atoms with Crippen LogP contribution in [0.15, 0.2) is 0 Å². The van der Waals surface area contributed by atoms with E-state index in [1.807, 2.05) is 0 Å². The number of unbranched alkanes of at least 4 members (excludes halogenated alkanes) is 2. The molecule has 1 rings (SSSR count). The lowest BCUT2D eigenvalue weighted by atomic mass is 10.2. The van der Waals surface area contributed by atoms with E-state index in [1.165, 1.54) is 0 Å². The van der Waals surface area contributed by atoms with Crippen molar-refractivity contribution in [3.05, 3.63) is 0 Å². The Kier molecular flexibility index (Phi) is 4.66. The summed E-state index contributed by atoms with van der Waals surface area (Å²) in [6.07, 6.45) is 1.74. The van der Waals surface area contributed by atoms with E-state index < -0.39 is 12.2 Å². The molecular weight excluding hydrogens is 170 g/mol. The fourth-order valence-corrected chi connectivity index (χ4v) is 1.65. The minimum atomic E-state index is -0.571. The zero-order valence-corrected chi connectivity index (χ0v) is 7.89. The van der Waals surface area contributed by atoms with Gasteiger partial charge in [-0.05, 0) is 25.8 Å². The molecule has 2 unspecified atom stereocenters. The number of rotatable bonds is 5. The standard InChI is InChI=1S/C9H19NO3/c11-5-3-1-2-4-10-6-8(12)9(13)7-10/h8-9,11-13H,1-7H2. The second-order valence-corrected chi connectivity index (χ2v) is 3.68. The molecule has 1 aliphatic rings. The van der Waals surface area contributed by atoms with Crippen LogP contribution in [0.1, 0.15) is 19.3 Å². The Hall–Kier alpha value is -0.160. The highest BCUT2D eigenvalue weighted by Crippen LogP contribution is 2.10. The average Bonchev–Trinajstić information content (AvgIpc) is 2.41. The van der Waals surface area contributed by atoms with Crippen molar-refractivity contribution in [2.24, 2.45) is 0 Å². The first kappa shape index (κ1) is 10.9. The van der Waals surface area contributed by atoms with Gasteiger partial charge in [0.15, 0.2) is 0 Å². The first-order valence-corrected chi connectivity index (χ1v) is 4.93. The molecule has 2 atom stereocenters. The van der Waals surface area contributed by atoms with Gasteiger partial charge in [-0.15, -0.1) is 0 Å². The first-order valence-electron chi connectivity index (χ1n) is 4.93. The fraction of sp³-hybridized carbons (Fsp3) is 1.00. The van der Waals surface area contributed by atoms with E-state index in [0.717, 1.165) is 25.8 Å². The third-order valence-electron chi connectivity index (χ3n) is 2.47. The fourth-order valence-electron chi connectivity index (χ4n) is 1.65. The summed E-state index contributed by atoms with van der Waals surface area (Å²) in [6.45, 7) is 2.33. The number of hydrogen-bond donors (Lipinski definition) is 3. The molecule has 0 amide bonds. The molecule has 0 aliphatic carbocycles. The minimum Gasteiger partial charge on any atom is -0.396 e. The van der Waals surface area contributed by atoms with Crippen LogP contribution in [0.4, 0.5) is 0 Å². The Morgan fingerprint density at radius 1 is 1.00 bits per heavy atom. The molecule has 4 heteroatoms. The summed E-state index contributed by atoms with van der Waals surface area (Å²) in [6, 6.07) is 0. The summed E-state index contributed by atoms with van der Waals surface area (Å²) >= 11 is 0. The van der Waals surface area contributed by atoms with Crippen LogP contribution in [0.3, 0.4) is 0 Å². The molecule has 3 N–H and O–H groups in total. The summed E-state index contributed by atoms with van der Waals surface area (Å²) in [5, 5.41) is 27.0. The van der Waals surface area contributed by atoms with Gasteiger partial charge in [0.05, 0.1) is 12.2 Å². The van der Waals surface area contributed by atoms with Crippen LogP contribution in [-0.2, 0) is 0 Å². The lowest BCUT2D eigenvalue weighted by molar-refractivity contribution is 0.0572. The molecule has 0 aromatic rings. The van der Waals surface area contributed by atoms with Crippen LogP contribution < -0.4 is 0 Å². The maximum atomic E-state index is 9.24. The van der Waals surface area contributed by atoms with Gasteiger partial charge in [-0.3, -0.25) is 4.90 Å². The maximum absolute atomic E-state index is 9.24. The summed E-state index contributed by atoms with van der Waals surface area (Å²) in [4.78, 5) is 2.06. The van der Waals surface area contributed by atoms with Crippen LogP contribution in [-0.4, -0.2) is 58.7 Å². The van der Waals surface area contributed by atoms with Gasteiger partial charge in [-0.25, -0.2) is 0 Å². The van der Waals surface area contributed by atoms with Gasteiger partial charge in [0.2, 0.25) is 0 Å². The third kappa shape index (κ3) is 3.60. The normalized spacial score (nSPS) is 29.8. The lowest BCUT2D eigenvalue weighted by Crippen LogP contribution is -2.23. The van der Waals surface area contributed by atoms with E-state index in [4.69, 9.17) is 5.11 Å².